The highest BCUT2D eigenvalue weighted by Gasteiger charge is 2.39. The van der Waals surface area contributed by atoms with E-state index in [1.165, 1.54) is 0 Å². The Hall–Kier alpha value is -0.930. The summed E-state index contributed by atoms with van der Waals surface area (Å²) in [6.07, 6.45) is 4.30. The van der Waals surface area contributed by atoms with Crippen LogP contribution in [0.2, 0.25) is 5.02 Å². The summed E-state index contributed by atoms with van der Waals surface area (Å²) in [6.45, 7) is 0.534. The molecule has 94 valence electrons. The first-order chi connectivity index (χ1) is 8.14. The number of rotatable bonds is 3. The van der Waals surface area contributed by atoms with Gasteiger partial charge in [-0.25, -0.2) is 0 Å². The van der Waals surface area contributed by atoms with E-state index in [4.69, 9.17) is 22.1 Å². The maximum absolute atomic E-state index is 9.86. The molecule has 0 amide bonds. The number of phenols is 1. The zero-order valence-electron chi connectivity index (χ0n) is 10.0. The van der Waals surface area contributed by atoms with Crippen LogP contribution in [0.4, 0.5) is 0 Å². The quantitative estimate of drug-likeness (QED) is 0.873. The van der Waals surface area contributed by atoms with Gasteiger partial charge in [-0.2, -0.15) is 0 Å². The van der Waals surface area contributed by atoms with Crippen LogP contribution in [0.1, 0.15) is 31.2 Å². The van der Waals surface area contributed by atoms with Crippen LogP contribution < -0.4 is 10.5 Å². The van der Waals surface area contributed by atoms with Crippen molar-refractivity contribution in [1.29, 1.82) is 0 Å². The highest BCUT2D eigenvalue weighted by Crippen LogP contribution is 2.49. The van der Waals surface area contributed by atoms with Gasteiger partial charge in [-0.3, -0.25) is 0 Å². The molecule has 3 N–H and O–H groups in total. The van der Waals surface area contributed by atoms with Crippen LogP contribution in [0.15, 0.2) is 12.1 Å². The van der Waals surface area contributed by atoms with Crippen molar-refractivity contribution < 1.29 is 9.84 Å². The third kappa shape index (κ3) is 1.98. The third-order valence-corrected chi connectivity index (χ3v) is 4.09. The van der Waals surface area contributed by atoms with Crippen LogP contribution in [-0.2, 0) is 5.41 Å². The molecule has 1 aliphatic carbocycles. The predicted octanol–water partition coefficient (Wildman–Crippen LogP) is 2.82. The number of aromatic hydroxyl groups is 1. The van der Waals surface area contributed by atoms with Crippen molar-refractivity contribution in [1.82, 2.24) is 0 Å². The third-order valence-electron chi connectivity index (χ3n) is 3.77. The second-order valence-electron chi connectivity index (χ2n) is 4.67. The van der Waals surface area contributed by atoms with Gasteiger partial charge < -0.3 is 15.6 Å². The normalized spacial score (nSPS) is 18.3. The van der Waals surface area contributed by atoms with E-state index in [9.17, 15) is 5.11 Å². The number of hydrogen-bond donors (Lipinski definition) is 2. The number of halogens is 1. The van der Waals surface area contributed by atoms with Crippen molar-refractivity contribution in [3.05, 3.63) is 22.7 Å². The van der Waals surface area contributed by atoms with Crippen LogP contribution in [-0.4, -0.2) is 18.8 Å². The van der Waals surface area contributed by atoms with Crippen molar-refractivity contribution in [2.75, 3.05) is 13.7 Å². The molecule has 1 fully saturated rings. The zero-order chi connectivity index (χ0) is 12.5. The van der Waals surface area contributed by atoms with Crippen LogP contribution in [0, 0.1) is 0 Å². The van der Waals surface area contributed by atoms with E-state index < -0.39 is 0 Å². The Morgan fingerprint density at radius 2 is 2.06 bits per heavy atom. The largest absolute Gasteiger partial charge is 0.504 e. The first-order valence-electron chi connectivity index (χ1n) is 5.90. The maximum atomic E-state index is 9.86. The van der Waals surface area contributed by atoms with E-state index in [0.29, 0.717) is 17.3 Å². The van der Waals surface area contributed by atoms with Gasteiger partial charge in [0.15, 0.2) is 11.5 Å². The molecule has 0 heterocycles. The Labute approximate surface area is 107 Å². The average molecular weight is 256 g/mol. The van der Waals surface area contributed by atoms with E-state index in [1.54, 1.807) is 19.2 Å². The van der Waals surface area contributed by atoms with Gasteiger partial charge in [0.1, 0.15) is 0 Å². The molecule has 0 atom stereocenters. The molecule has 2 rings (SSSR count). The van der Waals surface area contributed by atoms with Crippen molar-refractivity contribution >= 4 is 11.6 Å². The van der Waals surface area contributed by atoms with Crippen molar-refractivity contribution in [3.63, 3.8) is 0 Å². The average Bonchev–Trinajstić information content (AvgIpc) is 2.81. The lowest BCUT2D eigenvalue weighted by molar-refractivity contribution is 0.349. The van der Waals surface area contributed by atoms with E-state index in [1.807, 2.05) is 0 Å². The second kappa shape index (κ2) is 4.75. The Morgan fingerprint density at radius 3 is 2.59 bits per heavy atom. The highest BCUT2D eigenvalue weighted by atomic mass is 35.5. The molecule has 0 bridgehead atoms. The van der Waals surface area contributed by atoms with Gasteiger partial charge in [0.05, 0.1) is 7.11 Å². The lowest BCUT2D eigenvalue weighted by Crippen LogP contribution is -2.32. The molecule has 1 aromatic rings. The first-order valence-corrected chi connectivity index (χ1v) is 6.28. The smallest absolute Gasteiger partial charge is 0.165 e. The summed E-state index contributed by atoms with van der Waals surface area (Å²) in [6, 6.07) is 3.27. The lowest BCUT2D eigenvalue weighted by Gasteiger charge is -2.30. The fourth-order valence-corrected chi connectivity index (χ4v) is 3.21. The minimum Gasteiger partial charge on any atom is -0.504 e. The maximum Gasteiger partial charge on any atom is 0.165 e. The molecule has 4 heteroatoms. The summed E-state index contributed by atoms with van der Waals surface area (Å²) in [7, 11) is 1.55. The van der Waals surface area contributed by atoms with Crippen LogP contribution in [0.25, 0.3) is 0 Å². The van der Waals surface area contributed by atoms with Crippen LogP contribution in [0.3, 0.4) is 0 Å². The van der Waals surface area contributed by atoms with Gasteiger partial charge in [0.25, 0.3) is 0 Å². The van der Waals surface area contributed by atoms with Crippen molar-refractivity contribution in [3.8, 4) is 11.5 Å². The van der Waals surface area contributed by atoms with Crippen molar-refractivity contribution in [2.24, 2.45) is 5.73 Å². The molecule has 17 heavy (non-hydrogen) atoms. The molecule has 0 aliphatic heterocycles. The molecule has 0 saturated heterocycles. The molecule has 0 aromatic heterocycles. The van der Waals surface area contributed by atoms with Crippen molar-refractivity contribution in [2.45, 2.75) is 31.1 Å². The Bertz CT molecular complexity index is 414. The van der Waals surface area contributed by atoms with Gasteiger partial charge in [-0.05, 0) is 25.0 Å². The fourth-order valence-electron chi connectivity index (χ4n) is 2.86. The van der Waals surface area contributed by atoms with E-state index in [2.05, 4.69) is 0 Å². The molecule has 0 radical (unpaired) electrons. The van der Waals surface area contributed by atoms with Gasteiger partial charge >= 0.3 is 0 Å². The summed E-state index contributed by atoms with van der Waals surface area (Å²) < 4.78 is 5.31. The van der Waals surface area contributed by atoms with Gasteiger partial charge in [0.2, 0.25) is 0 Å². The Kier molecular flexibility index (Phi) is 3.50. The molecule has 0 unspecified atom stereocenters. The first kappa shape index (κ1) is 12.5. The highest BCUT2D eigenvalue weighted by molar-refractivity contribution is 6.31. The summed E-state index contributed by atoms with van der Waals surface area (Å²) in [4.78, 5) is 0. The predicted molar refractivity (Wildman–Crippen MR) is 68.9 cm³/mol. The number of ether oxygens (including phenoxy) is 1. The molecular weight excluding hydrogens is 238 g/mol. The monoisotopic (exact) mass is 255 g/mol. The van der Waals surface area contributed by atoms with Crippen LogP contribution >= 0.6 is 11.6 Å². The summed E-state index contributed by atoms with van der Waals surface area (Å²) in [5.41, 5.74) is 6.69. The lowest BCUT2D eigenvalue weighted by atomic mass is 9.78. The zero-order valence-corrected chi connectivity index (χ0v) is 10.8. The van der Waals surface area contributed by atoms with Gasteiger partial charge in [-0.15, -0.1) is 0 Å². The number of benzene rings is 1. The van der Waals surface area contributed by atoms with Gasteiger partial charge in [-0.1, -0.05) is 24.4 Å². The van der Waals surface area contributed by atoms with E-state index in [-0.39, 0.29) is 11.2 Å². The Morgan fingerprint density at radius 1 is 1.41 bits per heavy atom. The second-order valence-corrected chi connectivity index (χ2v) is 5.07. The minimum atomic E-state index is -0.138. The van der Waals surface area contributed by atoms with E-state index in [0.717, 1.165) is 31.2 Å². The minimum absolute atomic E-state index is 0.131. The fraction of sp³-hybridized carbons (Fsp3) is 0.538. The summed E-state index contributed by atoms with van der Waals surface area (Å²) in [5, 5.41) is 10.5. The van der Waals surface area contributed by atoms with E-state index >= 15 is 0 Å². The molecular formula is C13H18ClNO2. The summed E-state index contributed by atoms with van der Waals surface area (Å²) in [5.74, 6) is 0.608. The molecule has 0 spiro atoms. The van der Waals surface area contributed by atoms with Gasteiger partial charge in [0, 0.05) is 22.5 Å². The molecule has 1 aliphatic rings. The molecule has 3 nitrogen and oxygen atoms in total. The molecule has 1 saturated carbocycles. The van der Waals surface area contributed by atoms with Crippen LogP contribution in [0.5, 0.6) is 11.5 Å². The SMILES string of the molecule is COc1c(O)ccc(Cl)c1C1(CN)CCCC1. The standard InChI is InChI=1S/C13H18ClNO2/c1-17-12-10(16)5-4-9(14)11(12)13(8-15)6-2-3-7-13/h4-5,16H,2-3,6-8,15H2,1H3. The number of nitrogens with two attached hydrogens (primary N) is 1. The number of hydrogen-bond acceptors (Lipinski definition) is 3. The number of methoxy groups -OCH3 is 1. The summed E-state index contributed by atoms with van der Waals surface area (Å²) >= 11 is 6.28. The topological polar surface area (TPSA) is 55.5 Å². The number of phenolic OH excluding ortho intramolecular Hbond substituents is 1. The molecule has 1 aromatic carbocycles. The Balaban J connectivity index is 2.60.